The lowest BCUT2D eigenvalue weighted by molar-refractivity contribution is -0.123. The smallest absolute Gasteiger partial charge is 0.337 e. The zero-order valence-corrected chi connectivity index (χ0v) is 17.1. The third-order valence-electron chi connectivity index (χ3n) is 5.73. The first-order chi connectivity index (χ1) is 14.4. The van der Waals surface area contributed by atoms with Crippen LogP contribution in [-0.2, 0) is 19.1 Å². The van der Waals surface area contributed by atoms with Crippen molar-refractivity contribution in [2.75, 3.05) is 38.2 Å². The van der Waals surface area contributed by atoms with Gasteiger partial charge in [-0.1, -0.05) is 0 Å². The summed E-state index contributed by atoms with van der Waals surface area (Å²) >= 11 is 0. The quantitative estimate of drug-likeness (QED) is 0.355. The van der Waals surface area contributed by atoms with Gasteiger partial charge in [0, 0.05) is 5.92 Å². The lowest BCUT2D eigenvalue weighted by Gasteiger charge is -2.30. The second-order valence-corrected chi connectivity index (χ2v) is 7.69. The van der Waals surface area contributed by atoms with Crippen molar-refractivity contribution in [1.82, 2.24) is 10.2 Å². The number of rotatable bonds is 8. The van der Waals surface area contributed by atoms with Crippen molar-refractivity contribution in [3.05, 3.63) is 29.8 Å². The normalized spacial score (nSPS) is 20.6. The van der Waals surface area contributed by atoms with Crippen molar-refractivity contribution in [1.29, 1.82) is 0 Å². The molecule has 2 fully saturated rings. The maximum Gasteiger partial charge on any atom is 0.337 e. The van der Waals surface area contributed by atoms with Crippen molar-refractivity contribution >= 4 is 29.4 Å². The van der Waals surface area contributed by atoms with Gasteiger partial charge in [0.2, 0.25) is 11.8 Å². The molecule has 1 aromatic carbocycles. The summed E-state index contributed by atoms with van der Waals surface area (Å²) < 4.78 is 4.65. The molecule has 2 aliphatic heterocycles. The SMILES string of the molecule is COC(=O)c1ccc(N2C(=O)CC(NCCCN3CCC(C(N)=O)CC3)C2=O)cc1. The molecule has 1 aromatic rings. The molecule has 3 rings (SSSR count). The Balaban J connectivity index is 1.45. The number of likely N-dealkylation sites (tertiary alicyclic amines) is 1. The van der Waals surface area contributed by atoms with Gasteiger partial charge in [0.25, 0.3) is 5.91 Å². The minimum absolute atomic E-state index is 0.0193. The number of carbonyl (C=O) groups is 4. The number of ether oxygens (including phenoxy) is 1. The maximum atomic E-state index is 12.7. The average molecular weight is 416 g/mol. The highest BCUT2D eigenvalue weighted by Gasteiger charge is 2.39. The molecule has 2 aliphatic rings. The number of esters is 1. The Labute approximate surface area is 175 Å². The van der Waals surface area contributed by atoms with E-state index in [0.717, 1.165) is 43.8 Å². The summed E-state index contributed by atoms with van der Waals surface area (Å²) in [6.45, 7) is 3.19. The van der Waals surface area contributed by atoms with Crippen LogP contribution < -0.4 is 16.0 Å². The first-order valence-electron chi connectivity index (χ1n) is 10.2. The number of nitrogens with zero attached hydrogens (tertiary/aromatic N) is 2. The number of carbonyl (C=O) groups excluding carboxylic acids is 4. The molecule has 9 heteroatoms. The average Bonchev–Trinajstić information content (AvgIpc) is 3.04. The number of amides is 3. The molecule has 1 atom stereocenters. The summed E-state index contributed by atoms with van der Waals surface area (Å²) in [6, 6.07) is 5.66. The number of nitrogens with one attached hydrogen (secondary N) is 1. The van der Waals surface area contributed by atoms with E-state index in [0.29, 0.717) is 17.8 Å². The summed E-state index contributed by atoms with van der Waals surface area (Å²) in [6.07, 6.45) is 2.54. The van der Waals surface area contributed by atoms with Crippen molar-refractivity contribution in [3.63, 3.8) is 0 Å². The zero-order valence-electron chi connectivity index (χ0n) is 17.1. The molecule has 2 heterocycles. The van der Waals surface area contributed by atoms with E-state index in [2.05, 4.69) is 15.0 Å². The van der Waals surface area contributed by atoms with Gasteiger partial charge in [0.05, 0.1) is 30.8 Å². The minimum atomic E-state index is -0.543. The standard InChI is InChI=1S/C21H28N4O5/c1-30-21(29)15-3-5-16(6-4-15)25-18(26)13-17(20(25)28)23-9-2-10-24-11-7-14(8-12-24)19(22)27/h3-6,14,17,23H,2,7-13H2,1H3,(H2,22,27). The van der Waals surface area contributed by atoms with Crippen LogP contribution in [0, 0.1) is 5.92 Å². The first-order valence-corrected chi connectivity index (χ1v) is 10.2. The van der Waals surface area contributed by atoms with Gasteiger partial charge in [-0.05, 0) is 69.7 Å². The van der Waals surface area contributed by atoms with Gasteiger partial charge in [-0.2, -0.15) is 0 Å². The largest absolute Gasteiger partial charge is 0.465 e. The van der Waals surface area contributed by atoms with Gasteiger partial charge >= 0.3 is 5.97 Å². The van der Waals surface area contributed by atoms with Gasteiger partial charge in [0.1, 0.15) is 0 Å². The van der Waals surface area contributed by atoms with E-state index in [1.54, 1.807) is 12.1 Å². The topological polar surface area (TPSA) is 122 Å². The Morgan fingerprint density at radius 3 is 2.43 bits per heavy atom. The van der Waals surface area contributed by atoms with E-state index in [-0.39, 0.29) is 30.1 Å². The molecule has 9 nitrogen and oxygen atoms in total. The molecule has 1 unspecified atom stereocenters. The molecular formula is C21H28N4O5. The van der Waals surface area contributed by atoms with Crippen molar-refractivity contribution in [3.8, 4) is 0 Å². The molecule has 0 aromatic heterocycles. The van der Waals surface area contributed by atoms with E-state index in [1.807, 2.05) is 0 Å². The van der Waals surface area contributed by atoms with E-state index in [9.17, 15) is 19.2 Å². The van der Waals surface area contributed by atoms with Crippen LogP contribution in [-0.4, -0.2) is 67.9 Å². The Morgan fingerprint density at radius 2 is 1.83 bits per heavy atom. The third kappa shape index (κ3) is 5.03. The van der Waals surface area contributed by atoms with Gasteiger partial charge in [-0.15, -0.1) is 0 Å². The number of piperidine rings is 1. The Kier molecular flexibility index (Phi) is 7.17. The number of nitrogens with two attached hydrogens (primary N) is 1. The summed E-state index contributed by atoms with van der Waals surface area (Å²) in [5.74, 6) is -1.26. The van der Waals surface area contributed by atoms with Crippen LogP contribution in [0.2, 0.25) is 0 Å². The second kappa shape index (κ2) is 9.82. The highest BCUT2D eigenvalue weighted by Crippen LogP contribution is 2.23. The number of benzene rings is 1. The zero-order chi connectivity index (χ0) is 21.7. The van der Waals surface area contributed by atoms with E-state index >= 15 is 0 Å². The molecule has 3 amide bonds. The number of primary amides is 1. The van der Waals surface area contributed by atoms with Gasteiger partial charge in [0.15, 0.2) is 0 Å². The van der Waals surface area contributed by atoms with Crippen LogP contribution in [0.5, 0.6) is 0 Å². The van der Waals surface area contributed by atoms with Crippen molar-refractivity contribution in [2.24, 2.45) is 11.7 Å². The van der Waals surface area contributed by atoms with Crippen LogP contribution in [0.25, 0.3) is 0 Å². The number of imide groups is 1. The fraction of sp³-hybridized carbons (Fsp3) is 0.524. The maximum absolute atomic E-state index is 12.7. The number of hydrogen-bond donors (Lipinski definition) is 2. The third-order valence-corrected chi connectivity index (χ3v) is 5.73. The molecule has 0 aliphatic carbocycles. The molecule has 3 N–H and O–H groups in total. The fourth-order valence-corrected chi connectivity index (χ4v) is 3.95. The molecule has 30 heavy (non-hydrogen) atoms. The summed E-state index contributed by atoms with van der Waals surface area (Å²) in [7, 11) is 1.29. The highest BCUT2D eigenvalue weighted by molar-refractivity contribution is 6.22. The van der Waals surface area contributed by atoms with Crippen LogP contribution in [0.1, 0.15) is 36.0 Å². The highest BCUT2D eigenvalue weighted by atomic mass is 16.5. The summed E-state index contributed by atoms with van der Waals surface area (Å²) in [4.78, 5) is 51.3. The van der Waals surface area contributed by atoms with E-state index in [4.69, 9.17) is 5.73 Å². The first kappa shape index (κ1) is 21.9. The van der Waals surface area contributed by atoms with Crippen molar-refractivity contribution in [2.45, 2.75) is 31.7 Å². The second-order valence-electron chi connectivity index (χ2n) is 7.69. The van der Waals surface area contributed by atoms with E-state index < -0.39 is 12.0 Å². The molecule has 0 bridgehead atoms. The predicted octanol–water partition coefficient (Wildman–Crippen LogP) is 0.282. The van der Waals surface area contributed by atoms with Crippen LogP contribution in [0.15, 0.2) is 24.3 Å². The summed E-state index contributed by atoms with van der Waals surface area (Å²) in [5.41, 5.74) is 6.16. The minimum Gasteiger partial charge on any atom is -0.465 e. The fourth-order valence-electron chi connectivity index (χ4n) is 3.95. The lowest BCUT2D eigenvalue weighted by Crippen LogP contribution is -2.41. The van der Waals surface area contributed by atoms with Gasteiger partial charge in [-0.3, -0.25) is 14.4 Å². The Morgan fingerprint density at radius 1 is 1.17 bits per heavy atom. The van der Waals surface area contributed by atoms with Crippen LogP contribution >= 0.6 is 0 Å². The molecular weight excluding hydrogens is 388 g/mol. The Hall–Kier alpha value is -2.78. The number of hydrogen-bond acceptors (Lipinski definition) is 7. The van der Waals surface area contributed by atoms with Crippen LogP contribution in [0.4, 0.5) is 5.69 Å². The van der Waals surface area contributed by atoms with Gasteiger partial charge < -0.3 is 20.7 Å². The molecule has 0 spiro atoms. The Bertz CT molecular complexity index is 802. The van der Waals surface area contributed by atoms with E-state index in [1.165, 1.54) is 19.2 Å². The summed E-state index contributed by atoms with van der Waals surface area (Å²) in [5, 5.41) is 3.18. The predicted molar refractivity (Wildman–Crippen MR) is 110 cm³/mol. The lowest BCUT2D eigenvalue weighted by atomic mass is 9.96. The molecule has 0 radical (unpaired) electrons. The van der Waals surface area contributed by atoms with Crippen LogP contribution in [0.3, 0.4) is 0 Å². The monoisotopic (exact) mass is 416 g/mol. The number of anilines is 1. The van der Waals surface area contributed by atoms with Gasteiger partial charge in [-0.25, -0.2) is 9.69 Å². The van der Waals surface area contributed by atoms with Crippen molar-refractivity contribution < 1.29 is 23.9 Å². The molecule has 162 valence electrons. The molecule has 0 saturated carbocycles. The molecule has 2 saturated heterocycles. The number of methoxy groups -OCH3 is 1.